The molecule has 3 fully saturated rings. The van der Waals surface area contributed by atoms with Gasteiger partial charge >= 0.3 is 0 Å². The van der Waals surface area contributed by atoms with Crippen LogP contribution in [0.15, 0.2) is 11.6 Å². The smallest absolute Gasteiger partial charge is 0.0577 e. The molecule has 2 N–H and O–H groups in total. The van der Waals surface area contributed by atoms with Crippen molar-refractivity contribution in [3.63, 3.8) is 0 Å². The molecule has 28 heavy (non-hydrogen) atoms. The van der Waals surface area contributed by atoms with Crippen molar-refractivity contribution in [3.8, 4) is 0 Å². The lowest BCUT2D eigenvalue weighted by Crippen LogP contribution is -2.50. The van der Waals surface area contributed by atoms with Gasteiger partial charge in [0.1, 0.15) is 0 Å². The highest BCUT2D eigenvalue weighted by molar-refractivity contribution is 5.25. The third-order valence-corrected chi connectivity index (χ3v) is 10.1. The van der Waals surface area contributed by atoms with E-state index in [9.17, 15) is 10.2 Å². The van der Waals surface area contributed by atoms with Crippen molar-refractivity contribution in [3.05, 3.63) is 11.6 Å². The van der Waals surface area contributed by atoms with E-state index >= 15 is 0 Å². The molecule has 3 saturated carbocycles. The largest absolute Gasteiger partial charge is 0.396 e. The van der Waals surface area contributed by atoms with E-state index in [2.05, 4.69) is 26.8 Å². The first-order valence-electron chi connectivity index (χ1n) is 12.4. The molecule has 0 aromatic carbocycles. The van der Waals surface area contributed by atoms with Gasteiger partial charge < -0.3 is 10.2 Å². The molecular weight excluding hydrogens is 344 g/mol. The van der Waals surface area contributed by atoms with E-state index in [4.69, 9.17) is 0 Å². The number of rotatable bonds is 6. The third kappa shape index (κ3) is 3.51. The number of unbranched alkanes of at least 4 members (excludes halogenated alkanes) is 1. The van der Waals surface area contributed by atoms with Crippen LogP contribution in [0.5, 0.6) is 0 Å². The molecule has 160 valence electrons. The van der Waals surface area contributed by atoms with Crippen molar-refractivity contribution >= 4 is 0 Å². The first-order chi connectivity index (χ1) is 13.4. The highest BCUT2D eigenvalue weighted by Gasteiger charge is 2.58. The van der Waals surface area contributed by atoms with E-state index in [1.54, 1.807) is 5.57 Å². The Balaban J connectivity index is 1.42. The molecule has 0 radical (unpaired) electrons. The van der Waals surface area contributed by atoms with Crippen molar-refractivity contribution in [1.29, 1.82) is 0 Å². The summed E-state index contributed by atoms with van der Waals surface area (Å²) in [5.41, 5.74) is 2.55. The number of aliphatic hydroxyl groups is 2. The zero-order valence-corrected chi connectivity index (χ0v) is 18.6. The van der Waals surface area contributed by atoms with E-state index in [0.29, 0.717) is 23.4 Å². The lowest BCUT2D eigenvalue weighted by Gasteiger charge is -2.58. The van der Waals surface area contributed by atoms with E-state index in [-0.39, 0.29) is 6.10 Å². The molecule has 0 saturated heterocycles. The predicted molar refractivity (Wildman–Crippen MR) is 116 cm³/mol. The van der Waals surface area contributed by atoms with Gasteiger partial charge in [0.15, 0.2) is 0 Å². The fourth-order valence-electron chi connectivity index (χ4n) is 8.20. The number of aliphatic hydroxyl groups excluding tert-OH is 2. The summed E-state index contributed by atoms with van der Waals surface area (Å²) in [6, 6.07) is 0. The summed E-state index contributed by atoms with van der Waals surface area (Å²) in [5, 5.41) is 19.4. The van der Waals surface area contributed by atoms with Gasteiger partial charge in [0.05, 0.1) is 6.10 Å². The molecule has 0 amide bonds. The minimum absolute atomic E-state index is 0.0888. The molecule has 0 unspecified atom stereocenters. The second-order valence-electron chi connectivity index (χ2n) is 11.5. The minimum atomic E-state index is -0.0888. The second-order valence-corrected chi connectivity index (χ2v) is 11.5. The Bertz CT molecular complexity index is 583. The van der Waals surface area contributed by atoms with Crippen molar-refractivity contribution in [2.75, 3.05) is 6.61 Å². The standard InChI is InChI=1S/C26H44O2/c1-18(17-27)6-4-5-7-19-9-11-23-22-10-8-20-16-21(28)12-14-26(20,3)24(22)13-15-25(19,23)2/h8,18-19,21-24,27-28H,4-7,9-17H2,1-3H3/t18-,19+,21+,22+,23+,24+,25-,26+/m1/s1. The van der Waals surface area contributed by atoms with E-state index in [0.717, 1.165) is 36.5 Å². The number of hydrogen-bond donors (Lipinski definition) is 2. The van der Waals surface area contributed by atoms with Crippen molar-refractivity contribution in [1.82, 2.24) is 0 Å². The van der Waals surface area contributed by atoms with Crippen molar-refractivity contribution in [2.24, 2.45) is 40.4 Å². The maximum absolute atomic E-state index is 10.2. The SMILES string of the molecule is C[C@@H](CO)CCCC[C@H]1CC[C@H]2[C@@H]3CC=C4C[C@@H](O)CC[C@]4(C)[C@H]3CC[C@]12C. The van der Waals surface area contributed by atoms with Crippen LogP contribution >= 0.6 is 0 Å². The third-order valence-electron chi connectivity index (χ3n) is 10.1. The van der Waals surface area contributed by atoms with Crippen LogP contribution in [0.25, 0.3) is 0 Å². The van der Waals surface area contributed by atoms with Gasteiger partial charge in [0, 0.05) is 6.61 Å². The van der Waals surface area contributed by atoms with Crippen LogP contribution in [0.1, 0.15) is 97.8 Å². The Morgan fingerprint density at radius 2 is 1.89 bits per heavy atom. The zero-order chi connectivity index (χ0) is 19.9. The Kier molecular flexibility index (Phi) is 6.02. The lowest BCUT2D eigenvalue weighted by molar-refractivity contribution is -0.0509. The Labute approximate surface area is 173 Å². The van der Waals surface area contributed by atoms with Gasteiger partial charge in [-0.15, -0.1) is 0 Å². The normalized spacial score (nSPS) is 46.3. The van der Waals surface area contributed by atoms with Crippen LogP contribution in [0.3, 0.4) is 0 Å². The van der Waals surface area contributed by atoms with Crippen LogP contribution < -0.4 is 0 Å². The summed E-state index contributed by atoms with van der Waals surface area (Å²) < 4.78 is 0. The topological polar surface area (TPSA) is 40.5 Å². The zero-order valence-electron chi connectivity index (χ0n) is 18.6. The number of allylic oxidation sites excluding steroid dienone is 1. The lowest BCUT2D eigenvalue weighted by atomic mass is 9.47. The Hall–Kier alpha value is -0.340. The first kappa shape index (κ1) is 20.9. The molecule has 4 aliphatic carbocycles. The number of fused-ring (bicyclic) bond motifs is 5. The highest BCUT2D eigenvalue weighted by atomic mass is 16.3. The van der Waals surface area contributed by atoms with Crippen LogP contribution in [-0.2, 0) is 0 Å². The Morgan fingerprint density at radius 3 is 2.68 bits per heavy atom. The molecule has 0 bridgehead atoms. The van der Waals surface area contributed by atoms with Gasteiger partial charge in [-0.25, -0.2) is 0 Å². The second kappa shape index (κ2) is 8.06. The maximum atomic E-state index is 10.2. The fourth-order valence-corrected chi connectivity index (χ4v) is 8.20. The fraction of sp³-hybridized carbons (Fsp3) is 0.923. The van der Waals surface area contributed by atoms with Crippen LogP contribution in [0.2, 0.25) is 0 Å². The molecule has 2 heteroatoms. The molecular formula is C26H44O2. The monoisotopic (exact) mass is 388 g/mol. The summed E-state index contributed by atoms with van der Waals surface area (Å²) in [5.74, 6) is 4.08. The molecule has 8 atom stereocenters. The molecule has 4 aliphatic rings. The van der Waals surface area contributed by atoms with Crippen LogP contribution in [0, 0.1) is 40.4 Å². The average Bonchev–Trinajstić information content (AvgIpc) is 3.02. The number of hydrogen-bond acceptors (Lipinski definition) is 2. The highest BCUT2D eigenvalue weighted by Crippen LogP contribution is 2.66. The molecule has 0 heterocycles. The minimum Gasteiger partial charge on any atom is -0.396 e. The van der Waals surface area contributed by atoms with Crippen molar-refractivity contribution in [2.45, 2.75) is 104 Å². The average molecular weight is 389 g/mol. The van der Waals surface area contributed by atoms with Gasteiger partial charge in [0.2, 0.25) is 0 Å². The molecule has 0 aliphatic heterocycles. The molecule has 0 aromatic heterocycles. The summed E-state index contributed by atoms with van der Waals surface area (Å²) in [7, 11) is 0. The summed E-state index contributed by atoms with van der Waals surface area (Å²) in [6.45, 7) is 7.70. The van der Waals surface area contributed by atoms with Gasteiger partial charge in [-0.2, -0.15) is 0 Å². The van der Waals surface area contributed by atoms with E-state index in [1.807, 2.05) is 0 Å². The summed E-state index contributed by atoms with van der Waals surface area (Å²) in [4.78, 5) is 0. The summed E-state index contributed by atoms with van der Waals surface area (Å²) >= 11 is 0. The maximum Gasteiger partial charge on any atom is 0.0577 e. The van der Waals surface area contributed by atoms with E-state index < -0.39 is 0 Å². The van der Waals surface area contributed by atoms with Crippen LogP contribution in [-0.4, -0.2) is 22.9 Å². The summed E-state index contributed by atoms with van der Waals surface area (Å²) in [6.07, 6.45) is 17.9. The van der Waals surface area contributed by atoms with Gasteiger partial charge in [-0.1, -0.05) is 45.3 Å². The molecule has 0 aromatic rings. The molecule has 0 spiro atoms. The predicted octanol–water partition coefficient (Wildman–Crippen LogP) is 6.12. The van der Waals surface area contributed by atoms with Gasteiger partial charge in [-0.05, 0) is 105 Å². The first-order valence-corrected chi connectivity index (χ1v) is 12.4. The molecule has 4 rings (SSSR count). The van der Waals surface area contributed by atoms with Crippen LogP contribution in [0.4, 0.5) is 0 Å². The van der Waals surface area contributed by atoms with Gasteiger partial charge in [-0.3, -0.25) is 0 Å². The molecule has 2 nitrogen and oxygen atoms in total. The van der Waals surface area contributed by atoms with Gasteiger partial charge in [0.25, 0.3) is 0 Å². The Morgan fingerprint density at radius 1 is 1.07 bits per heavy atom. The van der Waals surface area contributed by atoms with E-state index in [1.165, 1.54) is 64.2 Å². The van der Waals surface area contributed by atoms with Crippen molar-refractivity contribution < 1.29 is 10.2 Å². The quantitative estimate of drug-likeness (QED) is 0.425.